The number of fused-ring (bicyclic) bond motifs is 3. The molecule has 28 heavy (non-hydrogen) atoms. The molecule has 0 unspecified atom stereocenters. The fourth-order valence-corrected chi connectivity index (χ4v) is 3.90. The predicted molar refractivity (Wildman–Crippen MR) is 109 cm³/mol. The van der Waals surface area contributed by atoms with Crippen molar-refractivity contribution in [1.82, 2.24) is 14.5 Å². The summed E-state index contributed by atoms with van der Waals surface area (Å²) in [5.74, 6) is 0.989. The van der Waals surface area contributed by atoms with E-state index in [2.05, 4.69) is 16.5 Å². The maximum atomic E-state index is 10.8. The van der Waals surface area contributed by atoms with Crippen molar-refractivity contribution in [3.8, 4) is 0 Å². The molecule has 1 aliphatic heterocycles. The Balaban J connectivity index is 1.86. The number of nitrogens with zero attached hydrogens (tertiary/aromatic N) is 3. The number of anilines is 1. The zero-order valence-corrected chi connectivity index (χ0v) is 15.9. The molecular weight excluding hydrogens is 356 g/mol. The van der Waals surface area contributed by atoms with Gasteiger partial charge in [-0.1, -0.05) is 19.1 Å². The average molecular weight is 380 g/mol. The Labute approximate surface area is 162 Å². The molecule has 0 bridgehead atoms. The Morgan fingerprint density at radius 1 is 1.36 bits per heavy atom. The van der Waals surface area contributed by atoms with Crippen molar-refractivity contribution < 1.29 is 14.6 Å². The van der Waals surface area contributed by atoms with Crippen LogP contribution in [0.1, 0.15) is 31.2 Å². The number of ether oxygens (including phenoxy) is 1. The molecule has 7 heteroatoms. The Bertz CT molecular complexity index is 1060. The minimum Gasteiger partial charge on any atom is -0.478 e. The third-order valence-electron chi connectivity index (χ3n) is 5.32. The van der Waals surface area contributed by atoms with E-state index < -0.39 is 5.97 Å². The first kappa shape index (κ1) is 18.4. The molecule has 1 aliphatic rings. The largest absolute Gasteiger partial charge is 0.478 e. The normalized spacial score (nSPS) is 15.8. The van der Waals surface area contributed by atoms with Gasteiger partial charge in [-0.25, -0.2) is 14.8 Å². The van der Waals surface area contributed by atoms with Crippen molar-refractivity contribution in [1.29, 1.82) is 0 Å². The summed E-state index contributed by atoms with van der Waals surface area (Å²) in [7, 11) is 0. The molecule has 1 saturated heterocycles. The molecule has 1 fully saturated rings. The highest BCUT2D eigenvalue weighted by atomic mass is 16.5. The molecule has 3 heterocycles. The fourth-order valence-electron chi connectivity index (χ4n) is 3.90. The van der Waals surface area contributed by atoms with Crippen LogP contribution in [0, 0.1) is 5.92 Å². The number of rotatable bonds is 5. The molecule has 146 valence electrons. The van der Waals surface area contributed by atoms with Crippen LogP contribution in [-0.2, 0) is 22.5 Å². The van der Waals surface area contributed by atoms with Crippen LogP contribution in [0.4, 0.5) is 5.82 Å². The van der Waals surface area contributed by atoms with Gasteiger partial charge in [0, 0.05) is 37.6 Å². The lowest BCUT2D eigenvalue weighted by atomic mass is 10.00. The fraction of sp³-hybridized carbons (Fsp3) is 0.381. The van der Waals surface area contributed by atoms with Gasteiger partial charge in [-0.2, -0.15) is 0 Å². The first-order chi connectivity index (χ1) is 13.6. The topological polar surface area (TPSA) is 103 Å². The number of nitrogens with two attached hydrogens (primary N) is 1. The number of pyridine rings is 1. The van der Waals surface area contributed by atoms with Crippen molar-refractivity contribution in [2.45, 2.75) is 32.7 Å². The van der Waals surface area contributed by atoms with Gasteiger partial charge in [0.25, 0.3) is 0 Å². The second-order valence-corrected chi connectivity index (χ2v) is 7.19. The van der Waals surface area contributed by atoms with E-state index >= 15 is 0 Å². The zero-order valence-electron chi connectivity index (χ0n) is 15.9. The van der Waals surface area contributed by atoms with E-state index in [1.165, 1.54) is 0 Å². The summed E-state index contributed by atoms with van der Waals surface area (Å²) >= 11 is 0. The molecule has 0 aliphatic carbocycles. The number of carboxylic acids is 1. The third-order valence-corrected chi connectivity index (χ3v) is 5.32. The number of carboxylic acid groups (broad SMARTS) is 1. The molecule has 0 radical (unpaired) electrons. The maximum Gasteiger partial charge on any atom is 0.328 e. The second-order valence-electron chi connectivity index (χ2n) is 7.19. The van der Waals surface area contributed by atoms with Crippen molar-refractivity contribution in [2.75, 3.05) is 18.9 Å². The van der Waals surface area contributed by atoms with E-state index in [1.807, 2.05) is 18.2 Å². The number of aromatic nitrogens is 3. The van der Waals surface area contributed by atoms with Crippen molar-refractivity contribution in [2.24, 2.45) is 5.92 Å². The van der Waals surface area contributed by atoms with Crippen LogP contribution < -0.4 is 5.73 Å². The number of aryl methyl sites for hydroxylation is 1. The van der Waals surface area contributed by atoms with Crippen LogP contribution in [0.2, 0.25) is 0 Å². The Morgan fingerprint density at radius 2 is 2.14 bits per heavy atom. The van der Waals surface area contributed by atoms with E-state index in [9.17, 15) is 4.79 Å². The van der Waals surface area contributed by atoms with Gasteiger partial charge in [0.15, 0.2) is 5.82 Å². The van der Waals surface area contributed by atoms with Gasteiger partial charge in [-0.05, 0) is 36.5 Å². The number of imidazole rings is 1. The molecule has 0 saturated carbocycles. The smallest absolute Gasteiger partial charge is 0.328 e. The summed E-state index contributed by atoms with van der Waals surface area (Å²) in [6.45, 7) is 4.61. The minimum absolute atomic E-state index is 0.405. The average Bonchev–Trinajstić information content (AvgIpc) is 3.06. The van der Waals surface area contributed by atoms with Gasteiger partial charge < -0.3 is 20.1 Å². The third kappa shape index (κ3) is 3.45. The molecule has 3 aromatic rings. The maximum absolute atomic E-state index is 10.8. The minimum atomic E-state index is -0.981. The van der Waals surface area contributed by atoms with Gasteiger partial charge in [-0.3, -0.25) is 0 Å². The van der Waals surface area contributed by atoms with Crippen molar-refractivity contribution in [3.63, 3.8) is 0 Å². The second kappa shape index (κ2) is 7.59. The number of hydrogen-bond acceptors (Lipinski definition) is 5. The monoisotopic (exact) mass is 380 g/mol. The van der Waals surface area contributed by atoms with Crippen LogP contribution >= 0.6 is 0 Å². The quantitative estimate of drug-likeness (QED) is 0.659. The highest BCUT2D eigenvalue weighted by molar-refractivity contribution is 6.07. The van der Waals surface area contributed by atoms with Gasteiger partial charge in [0.05, 0.1) is 11.0 Å². The summed E-state index contributed by atoms with van der Waals surface area (Å²) < 4.78 is 7.79. The summed E-state index contributed by atoms with van der Waals surface area (Å²) in [6.07, 6.45) is 5.59. The highest BCUT2D eigenvalue weighted by Gasteiger charge is 2.21. The standard InChI is InChI=1S/C21H24N4O3/c1-2-17-24-19-20(25(17)12-14-7-9-28-10-8-14)15-5-3-13(4-6-18(26)27)11-16(15)23-21(19)22/h3-6,11,14H,2,7-10,12H2,1H3,(H2,22,23)(H,26,27)/b6-4+. The SMILES string of the molecule is CCc1nc2c(N)nc3cc(/C=C/C(=O)O)ccc3c2n1CC1CCOCC1. The molecule has 0 atom stereocenters. The lowest BCUT2D eigenvalue weighted by Crippen LogP contribution is -2.21. The molecule has 1 aromatic carbocycles. The van der Waals surface area contributed by atoms with Crippen LogP contribution in [0.3, 0.4) is 0 Å². The van der Waals surface area contributed by atoms with E-state index in [-0.39, 0.29) is 0 Å². The number of carbonyl (C=O) groups is 1. The van der Waals surface area contributed by atoms with E-state index in [1.54, 1.807) is 6.08 Å². The Morgan fingerprint density at radius 3 is 2.86 bits per heavy atom. The van der Waals surface area contributed by atoms with Crippen LogP contribution in [0.15, 0.2) is 24.3 Å². The lowest BCUT2D eigenvalue weighted by molar-refractivity contribution is -0.131. The summed E-state index contributed by atoms with van der Waals surface area (Å²) in [4.78, 5) is 20.1. The van der Waals surface area contributed by atoms with Gasteiger partial charge in [0.2, 0.25) is 0 Å². The first-order valence-electron chi connectivity index (χ1n) is 9.64. The lowest BCUT2D eigenvalue weighted by Gasteiger charge is -2.23. The Kier molecular flexibility index (Phi) is 5.00. The summed E-state index contributed by atoms with van der Waals surface area (Å²) in [5, 5.41) is 9.83. The van der Waals surface area contributed by atoms with Gasteiger partial charge in [0.1, 0.15) is 11.3 Å². The van der Waals surface area contributed by atoms with Crippen molar-refractivity contribution in [3.05, 3.63) is 35.7 Å². The first-order valence-corrected chi connectivity index (χ1v) is 9.64. The molecule has 3 N–H and O–H groups in total. The zero-order chi connectivity index (χ0) is 19.7. The van der Waals surface area contributed by atoms with Gasteiger partial charge in [-0.15, -0.1) is 0 Å². The molecule has 2 aromatic heterocycles. The van der Waals surface area contributed by atoms with Crippen LogP contribution in [0.25, 0.3) is 28.0 Å². The van der Waals surface area contributed by atoms with Crippen LogP contribution in [-0.4, -0.2) is 38.8 Å². The van der Waals surface area contributed by atoms with E-state index in [0.717, 1.165) is 78.4 Å². The van der Waals surface area contributed by atoms with E-state index in [0.29, 0.717) is 11.7 Å². The number of benzene rings is 1. The highest BCUT2D eigenvalue weighted by Crippen LogP contribution is 2.31. The molecule has 4 rings (SSSR count). The Hall–Kier alpha value is -2.93. The number of aliphatic carboxylic acids is 1. The van der Waals surface area contributed by atoms with Gasteiger partial charge >= 0.3 is 5.97 Å². The molecule has 0 amide bonds. The summed E-state index contributed by atoms with van der Waals surface area (Å²) in [6, 6.07) is 5.74. The van der Waals surface area contributed by atoms with Crippen molar-refractivity contribution >= 4 is 39.8 Å². The van der Waals surface area contributed by atoms with Crippen LogP contribution in [0.5, 0.6) is 0 Å². The molecule has 0 spiro atoms. The predicted octanol–water partition coefficient (Wildman–Crippen LogP) is 3.25. The molecular formula is C21H24N4O3. The number of nitrogen functional groups attached to an aromatic ring is 1. The molecule has 7 nitrogen and oxygen atoms in total. The number of hydrogen-bond donors (Lipinski definition) is 2. The summed E-state index contributed by atoms with van der Waals surface area (Å²) in [5.41, 5.74) is 9.51. The van der Waals surface area contributed by atoms with E-state index in [4.69, 9.17) is 20.6 Å².